The van der Waals surface area contributed by atoms with Crippen molar-refractivity contribution >= 4 is 22.9 Å². The molecule has 0 saturated heterocycles. The molecule has 0 aliphatic heterocycles. The van der Waals surface area contributed by atoms with Gasteiger partial charge >= 0.3 is 12.0 Å². The molecule has 1 aromatic carbocycles. The molecule has 1 aromatic heterocycles. The molecule has 0 fully saturated rings. The summed E-state index contributed by atoms with van der Waals surface area (Å²) in [5, 5.41) is 3.43. The zero-order valence-corrected chi connectivity index (χ0v) is 11.3. The number of fused-ring (bicyclic) bond motifs is 1. The first-order valence-electron chi connectivity index (χ1n) is 6.34. The van der Waals surface area contributed by atoms with Gasteiger partial charge in [-0.2, -0.15) is 0 Å². The summed E-state index contributed by atoms with van der Waals surface area (Å²) in [6, 6.07) is 8.97. The third-order valence-corrected chi connectivity index (χ3v) is 3.01. The lowest BCUT2D eigenvalue weighted by atomic mass is 10.2. The zero-order valence-electron chi connectivity index (χ0n) is 11.3. The number of benzene rings is 1. The number of nitrogens with zero attached hydrogens (tertiary/aromatic N) is 1. The van der Waals surface area contributed by atoms with Gasteiger partial charge in [-0.05, 0) is 18.6 Å². The van der Waals surface area contributed by atoms with Gasteiger partial charge in [-0.1, -0.05) is 18.2 Å². The fourth-order valence-corrected chi connectivity index (χ4v) is 2.01. The Bertz CT molecular complexity index is 634. The van der Waals surface area contributed by atoms with Crippen LogP contribution in [-0.2, 0) is 11.8 Å². The maximum atomic E-state index is 12.0. The van der Waals surface area contributed by atoms with Gasteiger partial charge in [0.15, 0.2) is 0 Å². The quantitative estimate of drug-likeness (QED) is 0.638. The van der Waals surface area contributed by atoms with Crippen molar-refractivity contribution in [2.75, 3.05) is 13.2 Å². The summed E-state index contributed by atoms with van der Waals surface area (Å²) in [7, 11) is 1.83. The minimum atomic E-state index is -0.579. The fraction of sp³-hybridized carbons (Fsp3) is 0.286. The van der Waals surface area contributed by atoms with Crippen LogP contribution >= 0.6 is 0 Å². The lowest BCUT2D eigenvalue weighted by molar-refractivity contribution is 0.0491. The molecule has 0 aliphatic carbocycles. The van der Waals surface area contributed by atoms with Crippen LogP contribution in [0, 0.1) is 0 Å². The Morgan fingerprint density at radius 3 is 2.80 bits per heavy atom. The number of carbonyl (C=O) groups is 2. The second-order valence-electron chi connectivity index (χ2n) is 4.43. The number of urea groups is 1. The number of ether oxygens (including phenoxy) is 1. The molecule has 6 nitrogen and oxygen atoms in total. The molecule has 106 valence electrons. The fourth-order valence-electron chi connectivity index (χ4n) is 2.01. The number of carbonyl (C=O) groups excluding carboxylic acids is 2. The highest BCUT2D eigenvalue weighted by molar-refractivity contribution is 5.95. The number of hydrogen-bond donors (Lipinski definition) is 2. The highest BCUT2D eigenvalue weighted by Crippen LogP contribution is 2.18. The molecule has 0 aliphatic rings. The van der Waals surface area contributed by atoms with Gasteiger partial charge < -0.3 is 20.4 Å². The average Bonchev–Trinajstić information content (AvgIpc) is 2.76. The van der Waals surface area contributed by atoms with E-state index in [4.69, 9.17) is 10.5 Å². The van der Waals surface area contributed by atoms with E-state index in [1.807, 2.05) is 31.3 Å². The minimum absolute atomic E-state index is 0.237. The van der Waals surface area contributed by atoms with Gasteiger partial charge in [0.2, 0.25) is 0 Å². The van der Waals surface area contributed by atoms with E-state index in [2.05, 4.69) is 5.32 Å². The van der Waals surface area contributed by atoms with E-state index >= 15 is 0 Å². The molecule has 1 heterocycles. The number of aromatic nitrogens is 1. The largest absolute Gasteiger partial charge is 0.461 e. The molecular weight excluding hydrogens is 258 g/mol. The van der Waals surface area contributed by atoms with Crippen LogP contribution in [0.3, 0.4) is 0 Å². The third kappa shape index (κ3) is 3.09. The molecule has 0 atom stereocenters. The van der Waals surface area contributed by atoms with Crippen molar-refractivity contribution in [1.29, 1.82) is 0 Å². The number of nitrogens with two attached hydrogens (primary N) is 1. The molecule has 6 heteroatoms. The smallest absolute Gasteiger partial charge is 0.354 e. The van der Waals surface area contributed by atoms with E-state index in [1.54, 1.807) is 10.6 Å². The number of aryl methyl sites for hydroxylation is 1. The lowest BCUT2D eigenvalue weighted by Gasteiger charge is -2.06. The number of primary amides is 1. The zero-order chi connectivity index (χ0) is 14.5. The average molecular weight is 275 g/mol. The van der Waals surface area contributed by atoms with E-state index < -0.39 is 6.03 Å². The van der Waals surface area contributed by atoms with E-state index in [9.17, 15) is 9.59 Å². The summed E-state index contributed by atoms with van der Waals surface area (Å²) < 4.78 is 6.97. The van der Waals surface area contributed by atoms with Crippen LogP contribution in [0.2, 0.25) is 0 Å². The lowest BCUT2D eigenvalue weighted by Crippen LogP contribution is -2.30. The van der Waals surface area contributed by atoms with Crippen molar-refractivity contribution < 1.29 is 14.3 Å². The Labute approximate surface area is 116 Å². The van der Waals surface area contributed by atoms with Gasteiger partial charge in [0.1, 0.15) is 5.69 Å². The summed E-state index contributed by atoms with van der Waals surface area (Å²) in [6.07, 6.45) is 0.526. The minimum Gasteiger partial charge on any atom is -0.461 e. The number of esters is 1. The molecule has 2 aromatic rings. The topological polar surface area (TPSA) is 86.3 Å². The van der Waals surface area contributed by atoms with Crippen molar-refractivity contribution in [3.05, 3.63) is 36.0 Å². The Kier molecular flexibility index (Phi) is 4.24. The second-order valence-corrected chi connectivity index (χ2v) is 4.43. The number of nitrogens with one attached hydrogen (secondary N) is 1. The van der Waals surface area contributed by atoms with Crippen LogP contribution in [0.15, 0.2) is 30.3 Å². The van der Waals surface area contributed by atoms with E-state index in [-0.39, 0.29) is 12.6 Å². The van der Waals surface area contributed by atoms with Crippen LogP contribution in [-0.4, -0.2) is 29.7 Å². The van der Waals surface area contributed by atoms with Gasteiger partial charge in [0.05, 0.1) is 6.61 Å². The standard InChI is InChI=1S/C14H17N3O3/c1-17-11-6-3-2-5-10(11)9-12(17)13(18)20-8-4-7-16-14(15)19/h2-3,5-6,9H,4,7-8H2,1H3,(H3,15,16,19). The summed E-state index contributed by atoms with van der Waals surface area (Å²) >= 11 is 0. The van der Waals surface area contributed by atoms with E-state index in [0.717, 1.165) is 10.9 Å². The molecule has 2 amide bonds. The van der Waals surface area contributed by atoms with Gasteiger partial charge in [-0.15, -0.1) is 0 Å². The SMILES string of the molecule is Cn1c(C(=O)OCCCNC(N)=O)cc2ccccc21. The van der Waals surface area contributed by atoms with Crippen molar-refractivity contribution in [3.8, 4) is 0 Å². The maximum absolute atomic E-state index is 12.0. The van der Waals surface area contributed by atoms with Gasteiger partial charge in [-0.3, -0.25) is 0 Å². The van der Waals surface area contributed by atoms with Gasteiger partial charge in [0.25, 0.3) is 0 Å². The monoisotopic (exact) mass is 275 g/mol. The molecule has 0 radical (unpaired) electrons. The molecule has 3 N–H and O–H groups in total. The normalized spacial score (nSPS) is 10.4. The molecule has 20 heavy (non-hydrogen) atoms. The molecule has 0 spiro atoms. The van der Waals surface area contributed by atoms with Crippen LogP contribution in [0.5, 0.6) is 0 Å². The predicted molar refractivity (Wildman–Crippen MR) is 75.4 cm³/mol. The number of hydrogen-bond acceptors (Lipinski definition) is 3. The third-order valence-electron chi connectivity index (χ3n) is 3.01. The first-order valence-corrected chi connectivity index (χ1v) is 6.34. The van der Waals surface area contributed by atoms with E-state index in [1.165, 1.54) is 0 Å². The molecule has 2 rings (SSSR count). The number of para-hydroxylation sites is 1. The summed E-state index contributed by atoms with van der Waals surface area (Å²) in [4.78, 5) is 22.4. The Hall–Kier alpha value is -2.50. The first kappa shape index (κ1) is 13.9. The van der Waals surface area contributed by atoms with Crippen molar-refractivity contribution in [3.63, 3.8) is 0 Å². The summed E-state index contributed by atoms with van der Waals surface area (Å²) in [5.41, 5.74) is 6.42. The maximum Gasteiger partial charge on any atom is 0.354 e. The Morgan fingerprint density at radius 1 is 1.35 bits per heavy atom. The number of rotatable bonds is 5. The van der Waals surface area contributed by atoms with Gasteiger partial charge in [-0.25, -0.2) is 9.59 Å². The molecule has 0 saturated carbocycles. The Balaban J connectivity index is 1.94. The highest BCUT2D eigenvalue weighted by Gasteiger charge is 2.14. The van der Waals surface area contributed by atoms with Crippen molar-refractivity contribution in [2.45, 2.75) is 6.42 Å². The molecule has 0 unspecified atom stereocenters. The first-order chi connectivity index (χ1) is 9.59. The Morgan fingerprint density at radius 2 is 2.10 bits per heavy atom. The number of amides is 2. The van der Waals surface area contributed by atoms with Crippen LogP contribution in [0.1, 0.15) is 16.9 Å². The van der Waals surface area contributed by atoms with Crippen LogP contribution in [0.25, 0.3) is 10.9 Å². The molecular formula is C14H17N3O3. The van der Waals surface area contributed by atoms with Crippen LogP contribution < -0.4 is 11.1 Å². The predicted octanol–water partition coefficient (Wildman–Crippen LogP) is 1.39. The second kappa shape index (κ2) is 6.10. The molecule has 0 bridgehead atoms. The van der Waals surface area contributed by atoms with Crippen molar-refractivity contribution in [2.24, 2.45) is 12.8 Å². The van der Waals surface area contributed by atoms with Crippen molar-refractivity contribution in [1.82, 2.24) is 9.88 Å². The van der Waals surface area contributed by atoms with E-state index in [0.29, 0.717) is 18.7 Å². The summed E-state index contributed by atoms with van der Waals surface area (Å²) in [5.74, 6) is -0.372. The summed E-state index contributed by atoms with van der Waals surface area (Å²) in [6.45, 7) is 0.623. The van der Waals surface area contributed by atoms with Crippen LogP contribution in [0.4, 0.5) is 4.79 Å². The van der Waals surface area contributed by atoms with Gasteiger partial charge in [0, 0.05) is 24.5 Å². The highest BCUT2D eigenvalue weighted by atomic mass is 16.5.